The van der Waals surface area contributed by atoms with E-state index in [1.165, 1.54) is 10.8 Å². The van der Waals surface area contributed by atoms with E-state index in [9.17, 15) is 18.0 Å². The Hall–Kier alpha value is -2.83. The lowest BCUT2D eigenvalue weighted by Gasteiger charge is -2.09. The predicted molar refractivity (Wildman–Crippen MR) is 90.4 cm³/mol. The highest BCUT2D eigenvalue weighted by Crippen LogP contribution is 2.29. The SMILES string of the molecule is O=c1cc(C(F)(F)F)ccn1Cc1nn(-c2ccccc2)c2c1CCC2. The van der Waals surface area contributed by atoms with Crippen molar-refractivity contribution < 1.29 is 13.2 Å². The maximum atomic E-state index is 12.7. The van der Waals surface area contributed by atoms with Crippen molar-refractivity contribution in [3.63, 3.8) is 0 Å². The quantitative estimate of drug-likeness (QED) is 0.717. The van der Waals surface area contributed by atoms with Crippen molar-refractivity contribution in [1.29, 1.82) is 0 Å². The van der Waals surface area contributed by atoms with Gasteiger partial charge in [0.25, 0.3) is 5.56 Å². The van der Waals surface area contributed by atoms with Crippen molar-refractivity contribution in [2.75, 3.05) is 0 Å². The van der Waals surface area contributed by atoms with Gasteiger partial charge in [0.2, 0.25) is 0 Å². The second kappa shape index (κ2) is 6.16. The monoisotopic (exact) mass is 359 g/mol. The molecule has 0 saturated heterocycles. The summed E-state index contributed by atoms with van der Waals surface area (Å²) in [4.78, 5) is 12.1. The average Bonchev–Trinajstić information content (AvgIpc) is 3.20. The van der Waals surface area contributed by atoms with E-state index in [4.69, 9.17) is 0 Å². The molecule has 2 heterocycles. The van der Waals surface area contributed by atoms with Crippen LogP contribution in [0.15, 0.2) is 53.5 Å². The first-order valence-corrected chi connectivity index (χ1v) is 8.36. The Morgan fingerprint density at radius 2 is 1.85 bits per heavy atom. The lowest BCUT2D eigenvalue weighted by Crippen LogP contribution is -2.22. The Labute approximate surface area is 147 Å². The molecule has 134 valence electrons. The maximum Gasteiger partial charge on any atom is 0.416 e. The van der Waals surface area contributed by atoms with E-state index in [1.54, 1.807) is 0 Å². The van der Waals surface area contributed by atoms with Crippen LogP contribution in [-0.4, -0.2) is 14.3 Å². The molecule has 0 spiro atoms. The fourth-order valence-electron chi connectivity index (χ4n) is 3.40. The normalized spacial score (nSPS) is 13.8. The van der Waals surface area contributed by atoms with Gasteiger partial charge in [-0.3, -0.25) is 4.79 Å². The van der Waals surface area contributed by atoms with E-state index in [1.807, 2.05) is 35.0 Å². The van der Waals surface area contributed by atoms with Crippen LogP contribution in [0.3, 0.4) is 0 Å². The van der Waals surface area contributed by atoms with E-state index in [0.29, 0.717) is 6.07 Å². The number of hydrogen-bond acceptors (Lipinski definition) is 2. The van der Waals surface area contributed by atoms with Gasteiger partial charge in [-0.2, -0.15) is 18.3 Å². The van der Waals surface area contributed by atoms with Gasteiger partial charge in [0.05, 0.1) is 23.5 Å². The largest absolute Gasteiger partial charge is 0.416 e. The van der Waals surface area contributed by atoms with Crippen LogP contribution in [0.2, 0.25) is 0 Å². The van der Waals surface area contributed by atoms with Gasteiger partial charge in [-0.05, 0) is 43.0 Å². The van der Waals surface area contributed by atoms with Crippen molar-refractivity contribution >= 4 is 0 Å². The molecule has 1 aliphatic rings. The predicted octanol–water partition coefficient (Wildman–Crippen LogP) is 3.59. The van der Waals surface area contributed by atoms with Crippen LogP contribution >= 0.6 is 0 Å². The van der Waals surface area contributed by atoms with Crippen LogP contribution in [-0.2, 0) is 25.6 Å². The second-order valence-corrected chi connectivity index (χ2v) is 6.35. The molecule has 0 aliphatic heterocycles. The summed E-state index contributed by atoms with van der Waals surface area (Å²) >= 11 is 0. The molecule has 0 amide bonds. The summed E-state index contributed by atoms with van der Waals surface area (Å²) in [5.74, 6) is 0. The summed E-state index contributed by atoms with van der Waals surface area (Å²) in [6.07, 6.45) is -0.552. The molecule has 0 fully saturated rings. The average molecular weight is 359 g/mol. The molecule has 0 unspecified atom stereocenters. The summed E-state index contributed by atoms with van der Waals surface area (Å²) in [5, 5.41) is 4.64. The van der Waals surface area contributed by atoms with Crippen molar-refractivity contribution in [3.05, 3.63) is 81.5 Å². The summed E-state index contributed by atoms with van der Waals surface area (Å²) in [6, 6.07) is 11.3. The molecule has 0 saturated carbocycles. The minimum absolute atomic E-state index is 0.166. The zero-order valence-corrected chi connectivity index (χ0v) is 13.8. The Morgan fingerprint density at radius 1 is 1.08 bits per heavy atom. The van der Waals surface area contributed by atoms with Crippen LogP contribution in [0.1, 0.15) is 28.9 Å². The van der Waals surface area contributed by atoms with Gasteiger partial charge < -0.3 is 4.57 Å². The first-order valence-electron chi connectivity index (χ1n) is 8.36. The van der Waals surface area contributed by atoms with Gasteiger partial charge in [0, 0.05) is 18.0 Å². The number of rotatable bonds is 3. The lowest BCUT2D eigenvalue weighted by molar-refractivity contribution is -0.137. The van der Waals surface area contributed by atoms with Gasteiger partial charge in [-0.15, -0.1) is 0 Å². The highest BCUT2D eigenvalue weighted by Gasteiger charge is 2.31. The fourth-order valence-corrected chi connectivity index (χ4v) is 3.40. The summed E-state index contributed by atoms with van der Waals surface area (Å²) in [7, 11) is 0. The van der Waals surface area contributed by atoms with Crippen LogP contribution in [0.25, 0.3) is 5.69 Å². The molecular formula is C19H16F3N3O. The van der Waals surface area contributed by atoms with Crippen LogP contribution < -0.4 is 5.56 Å². The van der Waals surface area contributed by atoms with Gasteiger partial charge in [0.15, 0.2) is 0 Å². The molecule has 1 aromatic carbocycles. The van der Waals surface area contributed by atoms with E-state index in [0.717, 1.165) is 48.0 Å². The molecule has 0 N–H and O–H groups in total. The first-order chi connectivity index (χ1) is 12.4. The summed E-state index contributed by atoms with van der Waals surface area (Å²) in [5.41, 5.74) is 2.28. The number of nitrogens with zero attached hydrogens (tertiary/aromatic N) is 3. The van der Waals surface area contributed by atoms with E-state index in [-0.39, 0.29) is 6.54 Å². The summed E-state index contributed by atoms with van der Waals surface area (Å²) in [6.45, 7) is 0.166. The molecule has 3 aromatic rings. The topological polar surface area (TPSA) is 39.8 Å². The smallest absolute Gasteiger partial charge is 0.309 e. The number of benzene rings is 1. The number of fused-ring (bicyclic) bond motifs is 1. The van der Waals surface area contributed by atoms with Gasteiger partial charge in [-0.25, -0.2) is 4.68 Å². The standard InChI is InChI=1S/C19H16F3N3O/c20-19(21,22)13-9-10-24(18(26)11-13)12-16-15-7-4-8-17(15)25(23-16)14-5-2-1-3-6-14/h1-3,5-6,9-11H,4,7-8,12H2. The van der Waals surface area contributed by atoms with Crippen LogP contribution in [0.5, 0.6) is 0 Å². The Morgan fingerprint density at radius 3 is 2.54 bits per heavy atom. The van der Waals surface area contributed by atoms with E-state index >= 15 is 0 Å². The van der Waals surface area contributed by atoms with Gasteiger partial charge >= 0.3 is 6.18 Å². The molecule has 4 rings (SSSR count). The molecular weight excluding hydrogens is 343 g/mol. The number of pyridine rings is 1. The molecule has 4 nitrogen and oxygen atoms in total. The zero-order valence-electron chi connectivity index (χ0n) is 13.8. The highest BCUT2D eigenvalue weighted by molar-refractivity contribution is 5.40. The number of para-hydroxylation sites is 1. The molecule has 0 atom stereocenters. The third-order valence-electron chi connectivity index (χ3n) is 4.66. The lowest BCUT2D eigenvalue weighted by atomic mass is 10.2. The number of hydrogen-bond donors (Lipinski definition) is 0. The van der Waals surface area contributed by atoms with Crippen LogP contribution in [0.4, 0.5) is 13.2 Å². The minimum atomic E-state index is -4.52. The highest BCUT2D eigenvalue weighted by atomic mass is 19.4. The van der Waals surface area contributed by atoms with Gasteiger partial charge in [-0.1, -0.05) is 18.2 Å². The third-order valence-corrected chi connectivity index (χ3v) is 4.66. The zero-order chi connectivity index (χ0) is 18.3. The fraction of sp³-hybridized carbons (Fsp3) is 0.263. The van der Waals surface area contributed by atoms with Crippen molar-refractivity contribution in [2.24, 2.45) is 0 Å². The number of halogens is 3. The molecule has 7 heteroatoms. The van der Waals surface area contributed by atoms with Crippen molar-refractivity contribution in [2.45, 2.75) is 32.0 Å². The number of alkyl halides is 3. The Kier molecular flexibility index (Phi) is 3.94. The first kappa shape index (κ1) is 16.6. The molecule has 0 radical (unpaired) electrons. The Balaban J connectivity index is 1.71. The third kappa shape index (κ3) is 2.94. The molecule has 1 aliphatic carbocycles. The maximum absolute atomic E-state index is 12.7. The summed E-state index contributed by atoms with van der Waals surface area (Å²) < 4.78 is 41.4. The minimum Gasteiger partial charge on any atom is -0.309 e. The number of aromatic nitrogens is 3. The Bertz CT molecular complexity index is 1000. The van der Waals surface area contributed by atoms with E-state index in [2.05, 4.69) is 5.10 Å². The van der Waals surface area contributed by atoms with Crippen molar-refractivity contribution in [1.82, 2.24) is 14.3 Å². The molecule has 2 aromatic heterocycles. The van der Waals surface area contributed by atoms with Crippen LogP contribution in [0, 0.1) is 0 Å². The second-order valence-electron chi connectivity index (χ2n) is 6.35. The van der Waals surface area contributed by atoms with Gasteiger partial charge in [0.1, 0.15) is 0 Å². The van der Waals surface area contributed by atoms with Crippen molar-refractivity contribution in [3.8, 4) is 5.69 Å². The van der Waals surface area contributed by atoms with E-state index < -0.39 is 17.3 Å². The molecule has 0 bridgehead atoms. The molecule has 26 heavy (non-hydrogen) atoms.